The van der Waals surface area contributed by atoms with Crippen molar-refractivity contribution in [2.45, 2.75) is 19.3 Å². The molecule has 8 nitrogen and oxygen atoms in total. The quantitative estimate of drug-likeness (QED) is 0.487. The Kier molecular flexibility index (Phi) is 5.10. The SMILES string of the molecule is CC(=O)N1CCC(c2nccnc2Oc2ccc(C(=O)c3nc4ccccc4[nH]3)cc2)C1. The third-order valence-corrected chi connectivity index (χ3v) is 5.65. The number of carbonyl (C=O) groups is 2. The van der Waals surface area contributed by atoms with Gasteiger partial charge in [0.25, 0.3) is 0 Å². The standard InChI is InChI=1S/C24H21N5O3/c1-15(30)29-13-10-17(14-29)21-24(26-12-11-25-21)32-18-8-6-16(7-9-18)22(31)23-27-19-4-2-3-5-20(19)28-23/h2-9,11-12,17H,10,13-14H2,1H3,(H,27,28). The van der Waals surface area contributed by atoms with Crippen molar-refractivity contribution in [3.05, 3.63) is 78.0 Å². The summed E-state index contributed by atoms with van der Waals surface area (Å²) in [4.78, 5) is 42.5. The second-order valence-corrected chi connectivity index (χ2v) is 7.76. The Morgan fingerprint density at radius 3 is 2.59 bits per heavy atom. The van der Waals surface area contributed by atoms with Crippen molar-refractivity contribution >= 4 is 22.7 Å². The van der Waals surface area contributed by atoms with Crippen molar-refractivity contribution in [1.82, 2.24) is 24.8 Å². The molecule has 32 heavy (non-hydrogen) atoms. The number of para-hydroxylation sites is 2. The molecule has 0 radical (unpaired) electrons. The van der Waals surface area contributed by atoms with Crippen molar-refractivity contribution in [2.75, 3.05) is 13.1 Å². The number of aromatic amines is 1. The first kappa shape index (κ1) is 19.9. The van der Waals surface area contributed by atoms with E-state index in [2.05, 4.69) is 19.9 Å². The molecular formula is C24H21N5O3. The fourth-order valence-electron chi connectivity index (χ4n) is 3.95. The molecule has 1 atom stereocenters. The Morgan fingerprint density at radius 1 is 1.06 bits per heavy atom. The fourth-order valence-corrected chi connectivity index (χ4v) is 3.95. The average molecular weight is 427 g/mol. The molecule has 1 aliphatic heterocycles. The van der Waals surface area contributed by atoms with Gasteiger partial charge in [0.1, 0.15) is 11.4 Å². The van der Waals surface area contributed by atoms with Crippen LogP contribution in [0.2, 0.25) is 0 Å². The number of hydrogen-bond donors (Lipinski definition) is 1. The Balaban J connectivity index is 1.33. The summed E-state index contributed by atoms with van der Waals surface area (Å²) < 4.78 is 5.99. The number of amides is 1. The van der Waals surface area contributed by atoms with Crippen molar-refractivity contribution in [3.63, 3.8) is 0 Å². The minimum Gasteiger partial charge on any atom is -0.437 e. The van der Waals surface area contributed by atoms with Crippen LogP contribution in [0, 0.1) is 0 Å². The Labute approximate surface area is 184 Å². The maximum absolute atomic E-state index is 12.8. The monoisotopic (exact) mass is 427 g/mol. The second-order valence-electron chi connectivity index (χ2n) is 7.76. The van der Waals surface area contributed by atoms with Crippen LogP contribution < -0.4 is 4.74 Å². The first-order valence-electron chi connectivity index (χ1n) is 10.4. The number of H-pyrrole nitrogens is 1. The van der Waals surface area contributed by atoms with Crippen molar-refractivity contribution in [1.29, 1.82) is 0 Å². The lowest BCUT2D eigenvalue weighted by molar-refractivity contribution is -0.127. The molecule has 160 valence electrons. The fraction of sp³-hybridized carbons (Fsp3) is 0.208. The maximum Gasteiger partial charge on any atom is 0.241 e. The van der Waals surface area contributed by atoms with Crippen LogP contribution in [0.3, 0.4) is 0 Å². The number of benzene rings is 2. The van der Waals surface area contributed by atoms with Gasteiger partial charge in [0.05, 0.1) is 11.0 Å². The first-order valence-corrected chi connectivity index (χ1v) is 10.4. The zero-order valence-corrected chi connectivity index (χ0v) is 17.5. The largest absolute Gasteiger partial charge is 0.437 e. The highest BCUT2D eigenvalue weighted by Crippen LogP contribution is 2.33. The zero-order valence-electron chi connectivity index (χ0n) is 17.5. The predicted molar refractivity (Wildman–Crippen MR) is 118 cm³/mol. The summed E-state index contributed by atoms with van der Waals surface area (Å²) in [6.45, 7) is 2.88. The number of nitrogens with one attached hydrogen (secondary N) is 1. The number of aromatic nitrogens is 4. The predicted octanol–water partition coefficient (Wildman–Crippen LogP) is 3.71. The molecule has 0 bridgehead atoms. The van der Waals surface area contributed by atoms with Crippen LogP contribution in [0.25, 0.3) is 11.0 Å². The molecule has 2 aromatic carbocycles. The number of rotatable bonds is 5. The highest BCUT2D eigenvalue weighted by Gasteiger charge is 2.29. The van der Waals surface area contributed by atoms with Gasteiger partial charge < -0.3 is 14.6 Å². The van der Waals surface area contributed by atoms with Gasteiger partial charge in [-0.05, 0) is 42.8 Å². The van der Waals surface area contributed by atoms with Crippen LogP contribution in [-0.4, -0.2) is 49.6 Å². The minimum atomic E-state index is -0.191. The molecule has 0 saturated carbocycles. The van der Waals surface area contributed by atoms with Crippen LogP contribution in [0.1, 0.15) is 41.1 Å². The van der Waals surface area contributed by atoms with Gasteiger partial charge in [-0.15, -0.1) is 0 Å². The van der Waals surface area contributed by atoms with E-state index < -0.39 is 0 Å². The minimum absolute atomic E-state index is 0.0589. The highest BCUT2D eigenvalue weighted by atomic mass is 16.5. The maximum atomic E-state index is 12.8. The number of likely N-dealkylation sites (tertiary alicyclic amines) is 1. The molecule has 1 fully saturated rings. The van der Waals surface area contributed by atoms with Crippen LogP contribution in [-0.2, 0) is 4.79 Å². The Morgan fingerprint density at radius 2 is 1.84 bits per heavy atom. The van der Waals surface area contributed by atoms with Gasteiger partial charge in [0.2, 0.25) is 17.6 Å². The van der Waals surface area contributed by atoms with Gasteiger partial charge in [-0.25, -0.2) is 9.97 Å². The van der Waals surface area contributed by atoms with Gasteiger partial charge in [-0.2, -0.15) is 0 Å². The zero-order chi connectivity index (χ0) is 22.1. The van der Waals surface area contributed by atoms with Crippen molar-refractivity contribution in [2.24, 2.45) is 0 Å². The lowest BCUT2D eigenvalue weighted by Crippen LogP contribution is -2.25. The summed E-state index contributed by atoms with van der Waals surface area (Å²) in [5, 5.41) is 0. The lowest BCUT2D eigenvalue weighted by atomic mass is 10.1. The highest BCUT2D eigenvalue weighted by molar-refractivity contribution is 6.08. The van der Waals surface area contributed by atoms with Crippen LogP contribution >= 0.6 is 0 Å². The summed E-state index contributed by atoms with van der Waals surface area (Å²) in [6, 6.07) is 14.4. The molecule has 1 unspecified atom stereocenters. The number of ketones is 1. The smallest absolute Gasteiger partial charge is 0.241 e. The van der Waals surface area contributed by atoms with Gasteiger partial charge in [-0.3, -0.25) is 14.6 Å². The molecule has 8 heteroatoms. The number of nitrogens with zero attached hydrogens (tertiary/aromatic N) is 4. The van der Waals surface area contributed by atoms with Crippen molar-refractivity contribution < 1.29 is 14.3 Å². The summed E-state index contributed by atoms with van der Waals surface area (Å²) in [6.07, 6.45) is 4.03. The number of ether oxygens (including phenoxy) is 1. The van der Waals surface area contributed by atoms with Gasteiger partial charge in [0.15, 0.2) is 5.82 Å². The molecular weight excluding hydrogens is 406 g/mol. The lowest BCUT2D eigenvalue weighted by Gasteiger charge is -2.15. The molecule has 0 aliphatic carbocycles. The van der Waals surface area contributed by atoms with Crippen LogP contribution in [0.5, 0.6) is 11.6 Å². The summed E-state index contributed by atoms with van der Waals surface area (Å²) in [5.74, 6) is 1.21. The third kappa shape index (κ3) is 3.82. The molecule has 1 amide bonds. The molecule has 1 N–H and O–H groups in total. The molecule has 4 aromatic rings. The van der Waals surface area contributed by atoms with Crippen LogP contribution in [0.15, 0.2) is 60.9 Å². The Bertz CT molecular complexity index is 1270. The van der Waals surface area contributed by atoms with Crippen molar-refractivity contribution in [3.8, 4) is 11.6 Å². The average Bonchev–Trinajstić information content (AvgIpc) is 3.47. The molecule has 3 heterocycles. The number of fused-ring (bicyclic) bond motifs is 1. The topological polar surface area (TPSA) is 101 Å². The van der Waals surface area contributed by atoms with E-state index in [4.69, 9.17) is 4.74 Å². The summed E-state index contributed by atoms with van der Waals surface area (Å²) >= 11 is 0. The number of imidazole rings is 1. The van der Waals surface area contributed by atoms with E-state index in [9.17, 15) is 9.59 Å². The third-order valence-electron chi connectivity index (χ3n) is 5.65. The number of hydrogen-bond acceptors (Lipinski definition) is 6. The Hall–Kier alpha value is -4.07. The van der Waals surface area contributed by atoms with Crippen LogP contribution in [0.4, 0.5) is 0 Å². The summed E-state index contributed by atoms with van der Waals surface area (Å²) in [7, 11) is 0. The molecule has 5 rings (SSSR count). The van der Waals surface area contributed by atoms with E-state index in [0.717, 1.165) is 23.1 Å². The number of carbonyl (C=O) groups excluding carboxylic acids is 2. The van der Waals surface area contributed by atoms with E-state index in [0.29, 0.717) is 36.1 Å². The van der Waals surface area contributed by atoms with E-state index in [1.54, 1.807) is 43.6 Å². The van der Waals surface area contributed by atoms with E-state index in [1.165, 1.54) is 0 Å². The van der Waals surface area contributed by atoms with Gasteiger partial charge in [0, 0.05) is 43.9 Å². The normalized spacial score (nSPS) is 15.8. The molecule has 0 spiro atoms. The first-order chi connectivity index (χ1) is 15.6. The molecule has 1 aliphatic rings. The molecule has 1 saturated heterocycles. The molecule has 2 aromatic heterocycles. The van der Waals surface area contributed by atoms with E-state index in [-0.39, 0.29) is 17.6 Å². The second kappa shape index (κ2) is 8.22. The van der Waals surface area contributed by atoms with E-state index >= 15 is 0 Å². The van der Waals surface area contributed by atoms with Gasteiger partial charge in [-0.1, -0.05) is 12.1 Å². The van der Waals surface area contributed by atoms with E-state index in [1.807, 2.05) is 29.2 Å². The van der Waals surface area contributed by atoms with Gasteiger partial charge >= 0.3 is 0 Å². The summed E-state index contributed by atoms with van der Waals surface area (Å²) in [5.41, 5.74) is 2.81.